The molecule has 0 bridgehead atoms. The summed E-state index contributed by atoms with van der Waals surface area (Å²) in [5.74, 6) is 0.977. The van der Waals surface area contributed by atoms with Gasteiger partial charge in [0.1, 0.15) is 11.1 Å². The van der Waals surface area contributed by atoms with Gasteiger partial charge < -0.3 is 10.1 Å². The van der Waals surface area contributed by atoms with Crippen LogP contribution in [-0.4, -0.2) is 41.1 Å². The Kier molecular flexibility index (Phi) is 5.40. The summed E-state index contributed by atoms with van der Waals surface area (Å²) in [5, 5.41) is 11.9. The molecule has 1 N–H and O–H groups in total. The molecule has 0 spiro atoms. The quantitative estimate of drug-likeness (QED) is 0.636. The zero-order chi connectivity index (χ0) is 12.8. The molecule has 1 saturated heterocycles. The van der Waals surface area contributed by atoms with Crippen LogP contribution in [0.4, 0.5) is 0 Å². The molecule has 1 amide bonds. The molecule has 5 nitrogen and oxygen atoms in total. The first-order chi connectivity index (χ1) is 8.75. The fraction of sp³-hybridized carbons (Fsp3) is 0.727. The van der Waals surface area contributed by atoms with E-state index in [9.17, 15) is 4.79 Å². The van der Waals surface area contributed by atoms with Crippen LogP contribution in [0.25, 0.3) is 0 Å². The monoisotopic (exact) mass is 287 g/mol. The van der Waals surface area contributed by atoms with Crippen molar-refractivity contribution in [1.29, 1.82) is 0 Å². The number of nitrogens with one attached hydrogen (secondary N) is 1. The average molecular weight is 287 g/mol. The minimum Gasteiger partial charge on any atom is -0.368 e. The minimum atomic E-state index is -0.219. The van der Waals surface area contributed by atoms with E-state index < -0.39 is 0 Å². The van der Waals surface area contributed by atoms with Crippen molar-refractivity contribution < 1.29 is 9.53 Å². The topological polar surface area (TPSA) is 64.1 Å². The van der Waals surface area contributed by atoms with Crippen LogP contribution >= 0.6 is 23.1 Å². The van der Waals surface area contributed by atoms with E-state index in [1.54, 1.807) is 23.1 Å². The van der Waals surface area contributed by atoms with Crippen molar-refractivity contribution >= 4 is 29.0 Å². The first-order valence-electron chi connectivity index (χ1n) is 6.08. The molecule has 0 saturated carbocycles. The van der Waals surface area contributed by atoms with Crippen molar-refractivity contribution in [3.05, 3.63) is 5.01 Å². The van der Waals surface area contributed by atoms with Gasteiger partial charge in [-0.2, -0.15) is 0 Å². The third-order valence-electron chi connectivity index (χ3n) is 2.58. The Bertz CT molecular complexity index is 391. The number of aryl methyl sites for hydroxylation is 1. The summed E-state index contributed by atoms with van der Waals surface area (Å²) in [6.07, 6.45) is 2.56. The lowest BCUT2D eigenvalue weighted by atomic mass is 10.2. The second kappa shape index (κ2) is 7.06. The van der Waals surface area contributed by atoms with E-state index in [0.29, 0.717) is 13.2 Å². The van der Waals surface area contributed by atoms with Gasteiger partial charge in [0.15, 0.2) is 4.34 Å². The van der Waals surface area contributed by atoms with Crippen molar-refractivity contribution in [2.75, 3.05) is 18.9 Å². The highest BCUT2D eigenvalue weighted by Gasteiger charge is 2.22. The molecule has 1 fully saturated rings. The molecule has 1 aromatic rings. The van der Waals surface area contributed by atoms with Crippen LogP contribution in [0.15, 0.2) is 4.34 Å². The lowest BCUT2D eigenvalue weighted by Gasteiger charge is -2.09. The number of aromatic nitrogens is 2. The maximum absolute atomic E-state index is 11.6. The van der Waals surface area contributed by atoms with E-state index in [0.717, 1.165) is 34.4 Å². The number of hydrogen-bond acceptors (Lipinski definition) is 6. The second-order valence-electron chi connectivity index (χ2n) is 4.08. The highest BCUT2D eigenvalue weighted by molar-refractivity contribution is 8.01. The van der Waals surface area contributed by atoms with Gasteiger partial charge >= 0.3 is 0 Å². The molecule has 100 valence electrons. The molecule has 2 rings (SSSR count). The zero-order valence-corrected chi connectivity index (χ0v) is 12.0. The Morgan fingerprint density at radius 1 is 1.61 bits per heavy atom. The Balaban J connectivity index is 1.54. The average Bonchev–Trinajstić information content (AvgIpc) is 2.99. The molecule has 1 aliphatic rings. The molecular weight excluding hydrogens is 270 g/mol. The Hall–Kier alpha value is -0.660. The van der Waals surface area contributed by atoms with Crippen molar-refractivity contribution in [2.45, 2.75) is 36.6 Å². The van der Waals surface area contributed by atoms with Gasteiger partial charge in [-0.3, -0.25) is 4.79 Å². The molecule has 1 atom stereocenters. The summed E-state index contributed by atoms with van der Waals surface area (Å²) >= 11 is 3.29. The highest BCUT2D eigenvalue weighted by Crippen LogP contribution is 2.22. The Morgan fingerprint density at radius 3 is 3.17 bits per heavy atom. The highest BCUT2D eigenvalue weighted by atomic mass is 32.2. The van der Waals surface area contributed by atoms with Gasteiger partial charge in [-0.25, -0.2) is 0 Å². The van der Waals surface area contributed by atoms with Crippen molar-refractivity contribution in [3.8, 4) is 0 Å². The Morgan fingerprint density at radius 2 is 2.50 bits per heavy atom. The second-order valence-corrected chi connectivity index (χ2v) is 6.61. The summed E-state index contributed by atoms with van der Waals surface area (Å²) in [6, 6.07) is 0. The van der Waals surface area contributed by atoms with Gasteiger partial charge in [0.25, 0.3) is 0 Å². The van der Waals surface area contributed by atoms with Crippen molar-refractivity contribution in [1.82, 2.24) is 15.5 Å². The fourth-order valence-corrected chi connectivity index (χ4v) is 3.50. The molecular formula is C11H17N3O2S2. The van der Waals surface area contributed by atoms with Gasteiger partial charge in [0.05, 0.1) is 0 Å². The van der Waals surface area contributed by atoms with Gasteiger partial charge in [-0.15, -0.1) is 10.2 Å². The van der Waals surface area contributed by atoms with Crippen LogP contribution in [0.5, 0.6) is 0 Å². The summed E-state index contributed by atoms with van der Waals surface area (Å²) < 4.78 is 6.31. The van der Waals surface area contributed by atoms with Crippen LogP contribution in [0.1, 0.15) is 24.3 Å². The lowest BCUT2D eigenvalue weighted by Crippen LogP contribution is -2.34. The van der Waals surface area contributed by atoms with E-state index in [1.807, 2.05) is 6.92 Å². The number of hydrogen-bond donors (Lipinski definition) is 1. The molecule has 0 aromatic carbocycles. The van der Waals surface area contributed by atoms with Gasteiger partial charge in [0.2, 0.25) is 5.91 Å². The number of rotatable bonds is 6. The molecule has 2 heterocycles. The maximum atomic E-state index is 11.6. The van der Waals surface area contributed by atoms with Crippen LogP contribution in [0.3, 0.4) is 0 Å². The molecule has 7 heteroatoms. The van der Waals surface area contributed by atoms with Crippen molar-refractivity contribution in [2.24, 2.45) is 0 Å². The minimum absolute atomic E-state index is 0.0317. The number of amides is 1. The predicted octanol–water partition coefficient (Wildman–Crippen LogP) is 1.62. The number of carbonyl (C=O) groups is 1. The molecule has 0 radical (unpaired) electrons. The van der Waals surface area contributed by atoms with Crippen LogP contribution in [0.2, 0.25) is 0 Å². The normalized spacial score (nSPS) is 19.1. The predicted molar refractivity (Wildman–Crippen MR) is 72.0 cm³/mol. The largest absolute Gasteiger partial charge is 0.368 e. The van der Waals surface area contributed by atoms with Crippen molar-refractivity contribution in [3.63, 3.8) is 0 Å². The first-order valence-corrected chi connectivity index (χ1v) is 7.88. The molecule has 18 heavy (non-hydrogen) atoms. The molecule has 1 aliphatic heterocycles. The van der Waals surface area contributed by atoms with Crippen LogP contribution in [0, 0.1) is 6.92 Å². The van der Waals surface area contributed by atoms with E-state index in [2.05, 4.69) is 15.5 Å². The first kappa shape index (κ1) is 13.8. The standard InChI is InChI=1S/C11H17N3O2S2/c1-8-13-14-11(18-8)17-7-3-5-12-10(15)9-4-2-6-16-9/h9H,2-7H2,1H3,(H,12,15)/t9-/m1/s1. The van der Waals surface area contributed by atoms with E-state index in [4.69, 9.17) is 4.74 Å². The van der Waals surface area contributed by atoms with Gasteiger partial charge in [-0.05, 0) is 26.2 Å². The summed E-state index contributed by atoms with van der Waals surface area (Å²) in [5.41, 5.74) is 0. The Labute approximate surface area is 115 Å². The fourth-order valence-electron chi connectivity index (χ4n) is 1.68. The lowest BCUT2D eigenvalue weighted by molar-refractivity contribution is -0.130. The third-order valence-corrected chi connectivity index (χ3v) is 4.63. The molecule has 0 unspecified atom stereocenters. The van der Waals surface area contributed by atoms with Crippen LogP contribution < -0.4 is 5.32 Å². The number of ether oxygens (including phenoxy) is 1. The van der Waals surface area contributed by atoms with E-state index >= 15 is 0 Å². The summed E-state index contributed by atoms with van der Waals surface area (Å²) in [4.78, 5) is 11.6. The molecule has 0 aliphatic carbocycles. The van der Waals surface area contributed by atoms with Gasteiger partial charge in [-0.1, -0.05) is 23.1 Å². The van der Waals surface area contributed by atoms with Crippen LogP contribution in [-0.2, 0) is 9.53 Å². The molecule has 1 aromatic heterocycles. The number of thioether (sulfide) groups is 1. The zero-order valence-electron chi connectivity index (χ0n) is 10.3. The van der Waals surface area contributed by atoms with E-state index in [1.165, 1.54) is 0 Å². The summed E-state index contributed by atoms with van der Waals surface area (Å²) in [6.45, 7) is 3.36. The number of carbonyl (C=O) groups excluding carboxylic acids is 1. The van der Waals surface area contributed by atoms with Gasteiger partial charge in [0, 0.05) is 18.9 Å². The smallest absolute Gasteiger partial charge is 0.249 e. The maximum Gasteiger partial charge on any atom is 0.249 e. The SMILES string of the molecule is Cc1nnc(SCCCNC(=O)[C@H]2CCCO2)s1. The third kappa shape index (κ3) is 4.22. The number of nitrogens with zero attached hydrogens (tertiary/aromatic N) is 2. The van der Waals surface area contributed by atoms with E-state index in [-0.39, 0.29) is 12.0 Å². The summed E-state index contributed by atoms with van der Waals surface area (Å²) in [7, 11) is 0.